The number of halogens is 1. The average Bonchev–Trinajstić information content (AvgIpc) is 2.83. The van der Waals surface area contributed by atoms with Crippen LogP contribution in [0.2, 0.25) is 0 Å². The Morgan fingerprint density at radius 2 is 2.22 bits per heavy atom. The van der Waals surface area contributed by atoms with Gasteiger partial charge in [-0.1, -0.05) is 24.7 Å². The zero-order valence-electron chi connectivity index (χ0n) is 10.1. The van der Waals surface area contributed by atoms with E-state index in [0.717, 1.165) is 24.2 Å². The maximum Gasteiger partial charge on any atom is 0.324 e. The summed E-state index contributed by atoms with van der Waals surface area (Å²) in [6.45, 7) is 3.14. The quantitative estimate of drug-likeness (QED) is 0.440. The lowest BCUT2D eigenvalue weighted by Crippen LogP contribution is -2.33. The van der Waals surface area contributed by atoms with Crippen molar-refractivity contribution in [1.82, 2.24) is 4.90 Å². The summed E-state index contributed by atoms with van der Waals surface area (Å²) in [5.41, 5.74) is 0. The third-order valence-corrected chi connectivity index (χ3v) is 3.60. The molecule has 1 aromatic rings. The SMILES string of the molecule is CCCCN(CCCl)C(=O)c1ccc([N+](=O)[O-])s1. The molecule has 0 N–H and O–H groups in total. The number of alkyl halides is 1. The van der Waals surface area contributed by atoms with E-state index in [1.165, 1.54) is 12.1 Å². The van der Waals surface area contributed by atoms with Gasteiger partial charge in [-0.05, 0) is 12.5 Å². The van der Waals surface area contributed by atoms with Crippen molar-refractivity contribution in [1.29, 1.82) is 0 Å². The third-order valence-electron chi connectivity index (χ3n) is 2.41. The molecule has 7 heteroatoms. The molecule has 0 radical (unpaired) electrons. The van der Waals surface area contributed by atoms with Crippen molar-refractivity contribution in [2.24, 2.45) is 0 Å². The molecule has 0 aromatic carbocycles. The van der Waals surface area contributed by atoms with Crippen molar-refractivity contribution >= 4 is 33.8 Å². The number of amides is 1. The van der Waals surface area contributed by atoms with E-state index in [9.17, 15) is 14.9 Å². The smallest absolute Gasteiger partial charge is 0.324 e. The molecule has 0 spiro atoms. The van der Waals surface area contributed by atoms with Crippen molar-refractivity contribution in [3.63, 3.8) is 0 Å². The molecule has 0 aliphatic carbocycles. The van der Waals surface area contributed by atoms with Crippen LogP contribution in [0.4, 0.5) is 5.00 Å². The zero-order valence-corrected chi connectivity index (χ0v) is 11.7. The van der Waals surface area contributed by atoms with Gasteiger partial charge in [0.05, 0.1) is 9.80 Å². The lowest BCUT2D eigenvalue weighted by molar-refractivity contribution is -0.380. The van der Waals surface area contributed by atoms with Gasteiger partial charge in [0.25, 0.3) is 5.91 Å². The summed E-state index contributed by atoms with van der Waals surface area (Å²) in [4.78, 5) is 24.3. The number of thiophene rings is 1. The molecule has 0 saturated heterocycles. The molecule has 100 valence electrons. The Labute approximate surface area is 115 Å². The summed E-state index contributed by atoms with van der Waals surface area (Å²) < 4.78 is 0. The van der Waals surface area contributed by atoms with Gasteiger partial charge in [-0.2, -0.15) is 0 Å². The summed E-state index contributed by atoms with van der Waals surface area (Å²) in [6.07, 6.45) is 1.88. The lowest BCUT2D eigenvalue weighted by atomic mass is 10.3. The van der Waals surface area contributed by atoms with Crippen LogP contribution in [-0.2, 0) is 0 Å². The summed E-state index contributed by atoms with van der Waals surface area (Å²) in [7, 11) is 0. The predicted molar refractivity (Wildman–Crippen MR) is 72.5 cm³/mol. The third kappa shape index (κ3) is 3.96. The maximum atomic E-state index is 12.1. The monoisotopic (exact) mass is 290 g/mol. The largest absolute Gasteiger partial charge is 0.337 e. The summed E-state index contributed by atoms with van der Waals surface area (Å²) in [5.74, 6) is 0.185. The fourth-order valence-corrected chi connectivity index (χ4v) is 2.45. The Hall–Kier alpha value is -1.14. The molecule has 1 aromatic heterocycles. The van der Waals surface area contributed by atoms with Crippen LogP contribution in [-0.4, -0.2) is 34.7 Å². The molecule has 18 heavy (non-hydrogen) atoms. The molecule has 0 aliphatic heterocycles. The standard InChI is InChI=1S/C11H15ClN2O3S/c1-2-3-7-13(8-6-12)11(15)9-4-5-10(18-9)14(16)17/h4-5H,2-3,6-8H2,1H3. The molecule has 0 unspecified atom stereocenters. The van der Waals surface area contributed by atoms with Crippen LogP contribution in [0.5, 0.6) is 0 Å². The first-order chi connectivity index (χ1) is 8.60. The van der Waals surface area contributed by atoms with E-state index in [4.69, 9.17) is 11.6 Å². The van der Waals surface area contributed by atoms with Crippen LogP contribution < -0.4 is 0 Å². The molecular weight excluding hydrogens is 276 g/mol. The Kier molecular flexibility index (Phi) is 6.07. The second kappa shape index (κ2) is 7.33. The fourth-order valence-electron chi connectivity index (χ4n) is 1.46. The first-order valence-corrected chi connectivity index (χ1v) is 7.04. The Morgan fingerprint density at radius 3 is 2.72 bits per heavy atom. The average molecular weight is 291 g/mol. The van der Waals surface area contributed by atoms with Gasteiger partial charge < -0.3 is 4.90 Å². The topological polar surface area (TPSA) is 63.5 Å². The van der Waals surface area contributed by atoms with E-state index in [-0.39, 0.29) is 10.9 Å². The molecule has 0 bridgehead atoms. The van der Waals surface area contributed by atoms with Gasteiger partial charge in [-0.25, -0.2) is 0 Å². The van der Waals surface area contributed by atoms with E-state index in [2.05, 4.69) is 0 Å². The number of hydrogen-bond donors (Lipinski definition) is 0. The molecule has 0 fully saturated rings. The first kappa shape index (κ1) is 14.9. The number of rotatable bonds is 7. The normalized spacial score (nSPS) is 10.3. The van der Waals surface area contributed by atoms with Crippen LogP contribution in [0.25, 0.3) is 0 Å². The number of carbonyl (C=O) groups excluding carboxylic acids is 1. The molecule has 1 rings (SSSR count). The van der Waals surface area contributed by atoms with Crippen molar-refractivity contribution in [2.45, 2.75) is 19.8 Å². The van der Waals surface area contributed by atoms with Gasteiger partial charge in [0.2, 0.25) is 0 Å². The summed E-state index contributed by atoms with van der Waals surface area (Å²) in [5, 5.41) is 10.6. The Bertz CT molecular complexity index is 422. The molecule has 0 atom stereocenters. The van der Waals surface area contributed by atoms with Gasteiger partial charge in [0.15, 0.2) is 0 Å². The Balaban J connectivity index is 2.77. The van der Waals surface area contributed by atoms with Gasteiger partial charge in [0.1, 0.15) is 0 Å². The number of nitrogens with zero attached hydrogens (tertiary/aromatic N) is 2. The van der Waals surface area contributed by atoms with Crippen LogP contribution in [0.3, 0.4) is 0 Å². The molecule has 1 heterocycles. The fraction of sp³-hybridized carbons (Fsp3) is 0.545. The first-order valence-electron chi connectivity index (χ1n) is 5.69. The number of hydrogen-bond acceptors (Lipinski definition) is 4. The maximum absolute atomic E-state index is 12.1. The van der Waals surface area contributed by atoms with Crippen LogP contribution in [0.15, 0.2) is 12.1 Å². The number of unbranched alkanes of at least 4 members (excludes halogenated alkanes) is 1. The van der Waals surface area contributed by atoms with Crippen LogP contribution >= 0.6 is 22.9 Å². The van der Waals surface area contributed by atoms with Crippen LogP contribution in [0.1, 0.15) is 29.4 Å². The second-order valence-corrected chi connectivity index (χ2v) is 5.17. The summed E-state index contributed by atoms with van der Waals surface area (Å²) in [6, 6.07) is 2.86. The van der Waals surface area contributed by atoms with Gasteiger partial charge in [-0.15, -0.1) is 11.6 Å². The van der Waals surface area contributed by atoms with Crippen molar-refractivity contribution in [3.05, 3.63) is 27.1 Å². The summed E-state index contributed by atoms with van der Waals surface area (Å²) >= 11 is 6.57. The van der Waals surface area contributed by atoms with E-state index in [0.29, 0.717) is 23.8 Å². The molecule has 0 aliphatic rings. The van der Waals surface area contributed by atoms with Crippen molar-refractivity contribution < 1.29 is 9.72 Å². The van der Waals surface area contributed by atoms with E-state index in [1.54, 1.807) is 4.90 Å². The predicted octanol–water partition coefficient (Wildman–Crippen LogP) is 3.14. The van der Waals surface area contributed by atoms with Crippen molar-refractivity contribution in [3.8, 4) is 0 Å². The van der Waals surface area contributed by atoms with Gasteiger partial charge >= 0.3 is 5.00 Å². The zero-order chi connectivity index (χ0) is 13.5. The lowest BCUT2D eigenvalue weighted by Gasteiger charge is -2.20. The molecule has 1 amide bonds. The van der Waals surface area contributed by atoms with E-state index >= 15 is 0 Å². The highest BCUT2D eigenvalue weighted by Crippen LogP contribution is 2.25. The van der Waals surface area contributed by atoms with E-state index in [1.807, 2.05) is 6.92 Å². The molecule has 0 saturated carbocycles. The minimum atomic E-state index is -0.487. The van der Waals surface area contributed by atoms with Crippen molar-refractivity contribution in [2.75, 3.05) is 19.0 Å². The van der Waals surface area contributed by atoms with E-state index < -0.39 is 4.92 Å². The van der Waals surface area contributed by atoms with Crippen LogP contribution in [0, 0.1) is 10.1 Å². The molecule has 5 nitrogen and oxygen atoms in total. The highest BCUT2D eigenvalue weighted by Gasteiger charge is 2.20. The molecular formula is C11H15ClN2O3S. The minimum Gasteiger partial charge on any atom is -0.337 e. The van der Waals surface area contributed by atoms with Gasteiger partial charge in [-0.3, -0.25) is 14.9 Å². The highest BCUT2D eigenvalue weighted by molar-refractivity contribution is 7.17. The number of nitro groups is 1. The highest BCUT2D eigenvalue weighted by atomic mass is 35.5. The minimum absolute atomic E-state index is 0.0142. The Morgan fingerprint density at radius 1 is 1.50 bits per heavy atom. The second-order valence-electron chi connectivity index (χ2n) is 3.73. The number of carbonyl (C=O) groups is 1. The van der Waals surface area contributed by atoms with Gasteiger partial charge in [0, 0.05) is 25.0 Å².